The lowest BCUT2D eigenvalue weighted by atomic mass is 10.2. The Balaban J connectivity index is 2.12. The molecule has 1 aliphatic heterocycles. The minimum Gasteiger partial charge on any atom is -0.311 e. The Labute approximate surface area is 47.1 Å². The van der Waals surface area contributed by atoms with Gasteiger partial charge in [-0.2, -0.15) is 0 Å². The normalized spacial score (nSPS) is 33.0. The summed E-state index contributed by atoms with van der Waals surface area (Å²) in [5.74, 6) is 0.703. The standard InChI is InChI=1S/C5H12NP/c7-5-3-1-2-4-6-5/h5-6H,1-4,7H2. The summed E-state index contributed by atoms with van der Waals surface area (Å²) in [4.78, 5) is 0. The largest absolute Gasteiger partial charge is 0.311 e. The van der Waals surface area contributed by atoms with Gasteiger partial charge in [-0.25, -0.2) is 0 Å². The van der Waals surface area contributed by atoms with E-state index in [2.05, 4.69) is 14.6 Å². The van der Waals surface area contributed by atoms with Crippen molar-refractivity contribution in [3.63, 3.8) is 0 Å². The van der Waals surface area contributed by atoms with Gasteiger partial charge in [-0.05, 0) is 19.4 Å². The molecule has 2 unspecified atom stereocenters. The van der Waals surface area contributed by atoms with Crippen LogP contribution in [-0.4, -0.2) is 12.3 Å². The zero-order chi connectivity index (χ0) is 5.11. The molecule has 7 heavy (non-hydrogen) atoms. The second kappa shape index (κ2) is 2.64. The molecule has 0 radical (unpaired) electrons. The van der Waals surface area contributed by atoms with Gasteiger partial charge in [0.1, 0.15) is 0 Å². The summed E-state index contributed by atoms with van der Waals surface area (Å²) in [7, 11) is 2.79. The van der Waals surface area contributed by atoms with Gasteiger partial charge in [0.05, 0.1) is 0 Å². The molecule has 2 atom stereocenters. The van der Waals surface area contributed by atoms with Crippen LogP contribution in [-0.2, 0) is 0 Å². The maximum Gasteiger partial charge on any atom is 0.0211 e. The quantitative estimate of drug-likeness (QED) is 0.466. The van der Waals surface area contributed by atoms with Crippen LogP contribution in [0.2, 0.25) is 0 Å². The molecule has 0 aromatic heterocycles. The lowest BCUT2D eigenvalue weighted by Crippen LogP contribution is -2.28. The first kappa shape index (κ1) is 5.53. The molecule has 1 saturated heterocycles. The summed E-state index contributed by atoms with van der Waals surface area (Å²) >= 11 is 0. The van der Waals surface area contributed by atoms with Gasteiger partial charge in [-0.15, -0.1) is 9.24 Å². The third-order valence-corrected chi connectivity index (χ3v) is 1.92. The van der Waals surface area contributed by atoms with Crippen LogP contribution in [0.5, 0.6) is 0 Å². The van der Waals surface area contributed by atoms with E-state index >= 15 is 0 Å². The van der Waals surface area contributed by atoms with E-state index in [0.717, 1.165) is 0 Å². The Hall–Kier alpha value is 0.390. The molecule has 2 heteroatoms. The summed E-state index contributed by atoms with van der Waals surface area (Å²) in [5, 5.41) is 3.34. The van der Waals surface area contributed by atoms with Crippen LogP contribution in [0.4, 0.5) is 0 Å². The van der Waals surface area contributed by atoms with E-state index < -0.39 is 0 Å². The molecule has 0 aromatic rings. The van der Waals surface area contributed by atoms with Crippen molar-refractivity contribution in [2.24, 2.45) is 0 Å². The van der Waals surface area contributed by atoms with Gasteiger partial charge < -0.3 is 5.32 Å². The number of nitrogens with one attached hydrogen (secondary N) is 1. The van der Waals surface area contributed by atoms with Crippen LogP contribution in [0.1, 0.15) is 19.3 Å². The van der Waals surface area contributed by atoms with Crippen LogP contribution < -0.4 is 5.32 Å². The average Bonchev–Trinajstić information content (AvgIpc) is 1.69. The first-order chi connectivity index (χ1) is 3.39. The van der Waals surface area contributed by atoms with Gasteiger partial charge in [-0.3, -0.25) is 0 Å². The smallest absolute Gasteiger partial charge is 0.0211 e. The third-order valence-electron chi connectivity index (χ3n) is 1.35. The van der Waals surface area contributed by atoms with Gasteiger partial charge in [0.15, 0.2) is 0 Å². The molecule has 0 amide bonds. The topological polar surface area (TPSA) is 12.0 Å². The zero-order valence-electron chi connectivity index (χ0n) is 4.48. The lowest BCUT2D eigenvalue weighted by Gasteiger charge is -2.18. The highest BCUT2D eigenvalue weighted by Gasteiger charge is 2.04. The Bertz CT molecular complexity index is 50.0. The van der Waals surface area contributed by atoms with E-state index in [4.69, 9.17) is 0 Å². The molecular weight excluding hydrogens is 105 g/mol. The Morgan fingerprint density at radius 1 is 1.43 bits per heavy atom. The SMILES string of the molecule is PC1CCCCN1. The van der Waals surface area contributed by atoms with Crippen LogP contribution in [0.15, 0.2) is 0 Å². The summed E-state index contributed by atoms with van der Waals surface area (Å²) in [5.41, 5.74) is 0. The predicted molar refractivity (Wildman–Crippen MR) is 35.4 cm³/mol. The van der Waals surface area contributed by atoms with Crippen molar-refractivity contribution in [2.75, 3.05) is 6.54 Å². The summed E-state index contributed by atoms with van der Waals surface area (Å²) in [6.45, 7) is 1.22. The second-order valence-electron chi connectivity index (χ2n) is 2.06. The van der Waals surface area contributed by atoms with E-state index in [1.54, 1.807) is 0 Å². The maximum atomic E-state index is 3.34. The van der Waals surface area contributed by atoms with E-state index in [0.29, 0.717) is 5.78 Å². The minimum atomic E-state index is 0.703. The molecule has 1 N–H and O–H groups in total. The lowest BCUT2D eigenvalue weighted by molar-refractivity contribution is 0.491. The fourth-order valence-corrected chi connectivity index (χ4v) is 1.28. The van der Waals surface area contributed by atoms with E-state index in [9.17, 15) is 0 Å². The van der Waals surface area contributed by atoms with Crippen LogP contribution in [0.3, 0.4) is 0 Å². The monoisotopic (exact) mass is 117 g/mol. The highest BCUT2D eigenvalue weighted by Crippen LogP contribution is 2.10. The Morgan fingerprint density at radius 2 is 2.29 bits per heavy atom. The molecule has 0 spiro atoms. The van der Waals surface area contributed by atoms with Crippen molar-refractivity contribution in [3.05, 3.63) is 0 Å². The first-order valence-electron chi connectivity index (χ1n) is 2.88. The molecule has 42 valence electrons. The van der Waals surface area contributed by atoms with Crippen molar-refractivity contribution in [3.8, 4) is 0 Å². The van der Waals surface area contributed by atoms with Crippen molar-refractivity contribution < 1.29 is 0 Å². The maximum absolute atomic E-state index is 3.34. The fourth-order valence-electron chi connectivity index (χ4n) is 0.879. The summed E-state index contributed by atoms with van der Waals surface area (Å²) in [6, 6.07) is 0. The van der Waals surface area contributed by atoms with Gasteiger partial charge >= 0.3 is 0 Å². The molecule has 0 bridgehead atoms. The Kier molecular flexibility index (Phi) is 2.08. The zero-order valence-corrected chi connectivity index (χ0v) is 5.64. The van der Waals surface area contributed by atoms with Crippen molar-refractivity contribution in [2.45, 2.75) is 25.0 Å². The fraction of sp³-hybridized carbons (Fsp3) is 1.00. The van der Waals surface area contributed by atoms with Crippen molar-refractivity contribution in [1.82, 2.24) is 5.32 Å². The highest BCUT2D eigenvalue weighted by molar-refractivity contribution is 7.17. The molecule has 1 aliphatic rings. The first-order valence-corrected chi connectivity index (χ1v) is 3.55. The average molecular weight is 117 g/mol. The van der Waals surface area contributed by atoms with Crippen molar-refractivity contribution >= 4 is 9.24 Å². The molecule has 0 aliphatic carbocycles. The van der Waals surface area contributed by atoms with Gasteiger partial charge in [-0.1, -0.05) is 6.42 Å². The Morgan fingerprint density at radius 3 is 2.57 bits per heavy atom. The van der Waals surface area contributed by atoms with Gasteiger partial charge in [0.25, 0.3) is 0 Å². The molecule has 0 saturated carbocycles. The van der Waals surface area contributed by atoms with Crippen LogP contribution >= 0.6 is 9.24 Å². The molecule has 1 heterocycles. The summed E-state index contributed by atoms with van der Waals surface area (Å²) < 4.78 is 0. The molecule has 0 aromatic carbocycles. The number of hydrogen-bond donors (Lipinski definition) is 1. The van der Waals surface area contributed by atoms with Crippen LogP contribution in [0.25, 0.3) is 0 Å². The minimum absolute atomic E-state index is 0.703. The third kappa shape index (κ3) is 1.75. The van der Waals surface area contributed by atoms with E-state index in [1.165, 1.54) is 25.8 Å². The van der Waals surface area contributed by atoms with Crippen molar-refractivity contribution in [1.29, 1.82) is 0 Å². The molecule has 1 rings (SSSR count). The van der Waals surface area contributed by atoms with Gasteiger partial charge in [0, 0.05) is 5.78 Å². The van der Waals surface area contributed by atoms with E-state index in [-0.39, 0.29) is 0 Å². The van der Waals surface area contributed by atoms with Gasteiger partial charge in [0.2, 0.25) is 0 Å². The predicted octanol–water partition coefficient (Wildman–Crippen LogP) is 0.961. The number of piperidine rings is 1. The second-order valence-corrected chi connectivity index (χ2v) is 2.86. The molecular formula is C5H12NP. The molecule has 1 nitrogen and oxygen atoms in total. The molecule has 1 fully saturated rings. The number of hydrogen-bond acceptors (Lipinski definition) is 1. The number of rotatable bonds is 0. The van der Waals surface area contributed by atoms with Crippen LogP contribution in [0, 0.1) is 0 Å². The van der Waals surface area contributed by atoms with E-state index in [1.807, 2.05) is 0 Å². The summed E-state index contributed by atoms with van der Waals surface area (Å²) in [6.07, 6.45) is 4.11. The highest BCUT2D eigenvalue weighted by atomic mass is 31.0.